The van der Waals surface area contributed by atoms with Gasteiger partial charge in [-0.15, -0.1) is 0 Å². The van der Waals surface area contributed by atoms with Gasteiger partial charge in [-0.25, -0.2) is 0 Å². The monoisotopic (exact) mass is 415 g/mol. The number of phenols is 1. The molecule has 0 saturated carbocycles. The van der Waals surface area contributed by atoms with Crippen molar-refractivity contribution in [3.8, 4) is 5.75 Å². The maximum absolute atomic E-state index is 12.6. The summed E-state index contributed by atoms with van der Waals surface area (Å²) in [7, 11) is -3.52. The number of benzene rings is 1. The first-order valence-corrected chi connectivity index (χ1v) is 8.87. The van der Waals surface area contributed by atoms with Crippen molar-refractivity contribution in [1.29, 1.82) is 0 Å². The standard InChI is InChI=1S/C11H16Br2NO4P/c1-3-17-19(16,18-4-2)11(14)8-5-7(12)6-9(13)10(8)15/h5-6,11,15H,3-4,14H2,1-2H3/t11-/m1/s1. The molecule has 0 aromatic heterocycles. The average molecular weight is 417 g/mol. The van der Waals surface area contributed by atoms with Crippen molar-refractivity contribution in [1.82, 2.24) is 0 Å². The van der Waals surface area contributed by atoms with Crippen LogP contribution in [0.4, 0.5) is 0 Å². The molecule has 0 aliphatic heterocycles. The van der Waals surface area contributed by atoms with Crippen LogP contribution in [0.1, 0.15) is 25.2 Å². The van der Waals surface area contributed by atoms with Crippen LogP contribution in [0.25, 0.3) is 0 Å². The lowest BCUT2D eigenvalue weighted by Crippen LogP contribution is -2.15. The minimum Gasteiger partial charge on any atom is -0.506 e. The SMILES string of the molecule is CCOP(=O)(OCC)[C@@H](N)c1cc(Br)cc(Br)c1O. The van der Waals surface area contributed by atoms with E-state index < -0.39 is 13.4 Å². The smallest absolute Gasteiger partial charge is 0.351 e. The molecule has 0 spiro atoms. The van der Waals surface area contributed by atoms with Crippen LogP contribution in [-0.2, 0) is 13.6 Å². The molecule has 0 saturated heterocycles. The fourth-order valence-electron chi connectivity index (χ4n) is 1.54. The zero-order chi connectivity index (χ0) is 14.6. The van der Waals surface area contributed by atoms with Gasteiger partial charge in [-0.2, -0.15) is 0 Å². The lowest BCUT2D eigenvalue weighted by molar-refractivity contribution is 0.212. The maximum atomic E-state index is 12.6. The molecule has 19 heavy (non-hydrogen) atoms. The third-order valence-corrected chi connectivity index (χ3v) is 5.59. The molecule has 0 unspecified atom stereocenters. The Morgan fingerprint density at radius 3 is 2.32 bits per heavy atom. The summed E-state index contributed by atoms with van der Waals surface area (Å²) in [5.41, 5.74) is 6.27. The van der Waals surface area contributed by atoms with Crippen molar-refractivity contribution < 1.29 is 18.7 Å². The Balaban J connectivity index is 3.24. The predicted molar refractivity (Wildman–Crippen MR) is 81.3 cm³/mol. The highest BCUT2D eigenvalue weighted by Crippen LogP contribution is 2.60. The Morgan fingerprint density at radius 2 is 1.84 bits per heavy atom. The Kier molecular flexibility index (Phi) is 6.50. The van der Waals surface area contributed by atoms with E-state index in [1.807, 2.05) is 0 Å². The van der Waals surface area contributed by atoms with E-state index in [0.29, 0.717) is 14.5 Å². The van der Waals surface area contributed by atoms with Gasteiger partial charge in [0.25, 0.3) is 0 Å². The molecule has 1 rings (SSSR count). The van der Waals surface area contributed by atoms with Gasteiger partial charge in [0.15, 0.2) is 0 Å². The van der Waals surface area contributed by atoms with Crippen LogP contribution in [0.2, 0.25) is 0 Å². The number of nitrogens with two attached hydrogens (primary N) is 1. The van der Waals surface area contributed by atoms with Gasteiger partial charge in [-0.1, -0.05) is 15.9 Å². The first-order chi connectivity index (χ1) is 8.85. The van der Waals surface area contributed by atoms with E-state index in [4.69, 9.17) is 14.8 Å². The third kappa shape index (κ3) is 4.03. The number of rotatable bonds is 6. The van der Waals surface area contributed by atoms with Crippen molar-refractivity contribution in [3.05, 3.63) is 26.6 Å². The van der Waals surface area contributed by atoms with Crippen LogP contribution in [-0.4, -0.2) is 18.3 Å². The van der Waals surface area contributed by atoms with Gasteiger partial charge in [0.05, 0.1) is 17.7 Å². The highest BCUT2D eigenvalue weighted by atomic mass is 79.9. The normalized spacial score (nSPS) is 13.5. The lowest BCUT2D eigenvalue weighted by atomic mass is 10.2. The van der Waals surface area contributed by atoms with Crippen molar-refractivity contribution in [2.45, 2.75) is 19.6 Å². The molecule has 108 valence electrons. The van der Waals surface area contributed by atoms with E-state index in [1.165, 1.54) is 0 Å². The van der Waals surface area contributed by atoms with E-state index in [9.17, 15) is 9.67 Å². The van der Waals surface area contributed by atoms with Gasteiger partial charge in [-0.05, 0) is 41.9 Å². The van der Waals surface area contributed by atoms with Gasteiger partial charge >= 0.3 is 7.60 Å². The van der Waals surface area contributed by atoms with Gasteiger partial charge in [0, 0.05) is 10.0 Å². The van der Waals surface area contributed by atoms with Crippen molar-refractivity contribution in [2.75, 3.05) is 13.2 Å². The highest BCUT2D eigenvalue weighted by Gasteiger charge is 2.36. The molecule has 5 nitrogen and oxygen atoms in total. The molecular formula is C11H16Br2NO4P. The first-order valence-electron chi connectivity index (χ1n) is 5.68. The third-order valence-electron chi connectivity index (χ3n) is 2.34. The van der Waals surface area contributed by atoms with E-state index in [-0.39, 0.29) is 19.0 Å². The Bertz CT molecular complexity index is 488. The molecule has 0 fully saturated rings. The fourth-order valence-corrected chi connectivity index (χ4v) is 4.45. The summed E-state index contributed by atoms with van der Waals surface area (Å²) in [5, 5.41) is 10.0. The summed E-state index contributed by atoms with van der Waals surface area (Å²) in [4.78, 5) is 0. The molecule has 8 heteroatoms. The van der Waals surface area contributed by atoms with Crippen LogP contribution in [0.15, 0.2) is 21.1 Å². The number of halogens is 2. The van der Waals surface area contributed by atoms with Crippen LogP contribution in [0, 0.1) is 0 Å². The second-order valence-electron chi connectivity index (χ2n) is 3.65. The summed E-state index contributed by atoms with van der Waals surface area (Å²) in [5.74, 6) is -1.13. The summed E-state index contributed by atoms with van der Waals surface area (Å²) in [6.07, 6.45) is 0. The topological polar surface area (TPSA) is 81.8 Å². The van der Waals surface area contributed by atoms with E-state index in [0.717, 1.165) is 0 Å². The van der Waals surface area contributed by atoms with E-state index in [1.54, 1.807) is 26.0 Å². The molecule has 1 aromatic carbocycles. The number of hydrogen-bond acceptors (Lipinski definition) is 5. The molecule has 0 amide bonds. The summed E-state index contributed by atoms with van der Waals surface area (Å²) in [6, 6.07) is 3.26. The molecule has 1 aromatic rings. The van der Waals surface area contributed by atoms with Crippen molar-refractivity contribution in [3.63, 3.8) is 0 Å². The highest BCUT2D eigenvalue weighted by molar-refractivity contribution is 9.11. The first kappa shape index (κ1) is 17.1. The summed E-state index contributed by atoms with van der Waals surface area (Å²) < 4.78 is 24.1. The minimum atomic E-state index is -3.52. The molecular weight excluding hydrogens is 401 g/mol. The zero-order valence-electron chi connectivity index (χ0n) is 10.6. The van der Waals surface area contributed by atoms with Crippen LogP contribution in [0.3, 0.4) is 0 Å². The largest absolute Gasteiger partial charge is 0.506 e. The van der Waals surface area contributed by atoms with Gasteiger partial charge < -0.3 is 19.9 Å². The second kappa shape index (κ2) is 7.20. The lowest BCUT2D eigenvalue weighted by Gasteiger charge is -2.24. The molecule has 0 heterocycles. The predicted octanol–water partition coefficient (Wildman–Crippen LogP) is 4.14. The zero-order valence-corrected chi connectivity index (χ0v) is 14.7. The molecule has 0 aliphatic rings. The van der Waals surface area contributed by atoms with Crippen molar-refractivity contribution in [2.24, 2.45) is 5.73 Å². The Hall–Kier alpha value is 0.0900. The Labute approximate surface area is 129 Å². The van der Waals surface area contributed by atoms with E-state index in [2.05, 4.69) is 31.9 Å². The van der Waals surface area contributed by atoms with Crippen LogP contribution >= 0.6 is 39.5 Å². The Morgan fingerprint density at radius 1 is 1.32 bits per heavy atom. The number of hydrogen-bond donors (Lipinski definition) is 2. The fraction of sp³-hybridized carbons (Fsp3) is 0.455. The molecule has 0 aliphatic carbocycles. The van der Waals surface area contributed by atoms with E-state index >= 15 is 0 Å². The molecule has 3 N–H and O–H groups in total. The molecule has 1 atom stereocenters. The van der Waals surface area contributed by atoms with Crippen LogP contribution < -0.4 is 5.73 Å². The van der Waals surface area contributed by atoms with Gasteiger partial charge in [0.2, 0.25) is 0 Å². The van der Waals surface area contributed by atoms with Crippen molar-refractivity contribution >= 4 is 39.5 Å². The average Bonchev–Trinajstić information content (AvgIpc) is 2.33. The maximum Gasteiger partial charge on any atom is 0.351 e. The summed E-state index contributed by atoms with van der Waals surface area (Å²) >= 11 is 6.50. The van der Waals surface area contributed by atoms with Gasteiger partial charge in [-0.3, -0.25) is 4.57 Å². The van der Waals surface area contributed by atoms with Crippen LogP contribution in [0.5, 0.6) is 5.75 Å². The van der Waals surface area contributed by atoms with Gasteiger partial charge in [0.1, 0.15) is 11.5 Å². The number of aromatic hydroxyl groups is 1. The molecule has 0 radical (unpaired) electrons. The quantitative estimate of drug-likeness (QED) is 0.681. The number of phenolic OH excluding ortho intramolecular Hbond substituents is 1. The minimum absolute atomic E-state index is 0.0738. The second-order valence-corrected chi connectivity index (χ2v) is 7.57. The molecule has 0 bridgehead atoms. The summed E-state index contributed by atoms with van der Waals surface area (Å²) in [6.45, 7) is 3.83.